The van der Waals surface area contributed by atoms with Gasteiger partial charge in [0, 0.05) is 4.57 Å². The molecule has 0 aliphatic heterocycles. The molecule has 0 aromatic heterocycles. The first-order chi connectivity index (χ1) is 1.73. The zero-order valence-electron chi connectivity index (χ0n) is 3.20. The van der Waals surface area contributed by atoms with Gasteiger partial charge in [-0.05, 0) is 0 Å². The van der Waals surface area contributed by atoms with Crippen LogP contribution < -0.4 is 51.4 Å². The molecule has 0 amide bonds. The largest absolute Gasteiger partial charge is 1.00 e. The Morgan fingerprint density at radius 2 is 1.33 bits per heavy atom. The van der Waals surface area contributed by atoms with Gasteiger partial charge in [0.05, 0.1) is 0 Å². The average molecular weight is 137 g/mol. The molecule has 0 spiro atoms. The van der Waals surface area contributed by atoms with E-state index in [4.69, 9.17) is 14.4 Å². The van der Waals surface area contributed by atoms with Gasteiger partial charge in [-0.2, -0.15) is 0 Å². The van der Waals surface area contributed by atoms with E-state index in [1.807, 2.05) is 0 Å². The normalized spacial score (nSPS) is 4.33. The first kappa shape index (κ1) is 15.6. The molecule has 6 heavy (non-hydrogen) atoms. The zero-order chi connectivity index (χ0) is 3.58. The van der Waals surface area contributed by atoms with Crippen molar-refractivity contribution in [2.45, 2.75) is 0 Å². The smallest absolute Gasteiger partial charge is 0.870 e. The summed E-state index contributed by atoms with van der Waals surface area (Å²) in [5.41, 5.74) is 0. The van der Waals surface area contributed by atoms with Crippen LogP contribution >= 0.6 is 8.25 Å². The second-order valence-electron chi connectivity index (χ2n) is 0.253. The summed E-state index contributed by atoms with van der Waals surface area (Å²) in [4.78, 5) is 14.2. The summed E-state index contributed by atoms with van der Waals surface area (Å²) in [7, 11) is -2.87. The van der Waals surface area contributed by atoms with E-state index in [1.54, 1.807) is 0 Å². The summed E-state index contributed by atoms with van der Waals surface area (Å²) in [6, 6.07) is 0. The minimum Gasteiger partial charge on any atom is -0.870 e. The van der Waals surface area contributed by atoms with Gasteiger partial charge in [-0.25, -0.2) is 0 Å². The fraction of sp³-hybridized carbons (Fsp3) is 0. The molecular weight excluding hydrogens is 134 g/mol. The van der Waals surface area contributed by atoms with Crippen LogP contribution in [-0.2, 0) is 4.57 Å². The summed E-state index contributed by atoms with van der Waals surface area (Å²) < 4.78 is 8.70. The Labute approximate surface area is 78.2 Å². The molecule has 0 aliphatic carbocycles. The molecule has 32 valence electrons. The molecule has 0 radical (unpaired) electrons. The molecule has 0 bridgehead atoms. The number of hydrogen-bond acceptors (Lipinski definition) is 2. The Morgan fingerprint density at radius 1 is 1.33 bits per heavy atom. The predicted molar refractivity (Wildman–Crippen MR) is 14.0 cm³/mol. The van der Waals surface area contributed by atoms with Crippen LogP contribution in [-0.4, -0.2) is 15.3 Å². The summed E-state index contributed by atoms with van der Waals surface area (Å²) in [6.07, 6.45) is 0. The van der Waals surface area contributed by atoms with Crippen molar-refractivity contribution in [3.63, 3.8) is 0 Å². The first-order valence-electron chi connectivity index (χ1n) is 0.583. The van der Waals surface area contributed by atoms with Crippen molar-refractivity contribution in [3.05, 3.63) is 0 Å². The van der Waals surface area contributed by atoms with Crippen molar-refractivity contribution in [2.24, 2.45) is 0 Å². The van der Waals surface area contributed by atoms with Crippen LogP contribution in [0.4, 0.5) is 0 Å². The Kier molecular flexibility index (Phi) is 25.5. The topological polar surface area (TPSA) is 87.5 Å². The van der Waals surface area contributed by atoms with Crippen molar-refractivity contribution >= 4 is 8.25 Å². The van der Waals surface area contributed by atoms with Gasteiger partial charge in [0.2, 0.25) is 0 Å². The van der Waals surface area contributed by atoms with Crippen LogP contribution in [0.15, 0.2) is 0 Å². The molecule has 3 N–H and O–H groups in total. The van der Waals surface area contributed by atoms with E-state index in [1.165, 1.54) is 0 Å². The zero-order valence-corrected chi connectivity index (χ0v) is 7.21. The molecular formula is H3KO4P+. The Morgan fingerprint density at radius 3 is 1.33 bits per heavy atom. The fourth-order valence-electron chi connectivity index (χ4n) is 0. The van der Waals surface area contributed by atoms with Gasteiger partial charge in [0.25, 0.3) is 0 Å². The van der Waals surface area contributed by atoms with Gasteiger partial charge in [-0.1, -0.05) is 0 Å². The van der Waals surface area contributed by atoms with E-state index in [0.29, 0.717) is 0 Å². The Bertz CT molecular complexity index is 30.5. The predicted octanol–water partition coefficient (Wildman–Crippen LogP) is -3.54. The second kappa shape index (κ2) is 9.79. The molecule has 4 nitrogen and oxygen atoms in total. The third-order valence-electron chi connectivity index (χ3n) is 0. The average Bonchev–Trinajstić information content (AvgIpc) is 0.811. The van der Waals surface area contributed by atoms with Crippen molar-refractivity contribution < 1.29 is 71.2 Å². The maximum absolute atomic E-state index is 8.70. The van der Waals surface area contributed by atoms with Gasteiger partial charge in [-0.3, -0.25) is 0 Å². The van der Waals surface area contributed by atoms with Crippen molar-refractivity contribution in [1.82, 2.24) is 0 Å². The molecule has 0 saturated carbocycles. The van der Waals surface area contributed by atoms with Crippen molar-refractivity contribution in [1.29, 1.82) is 0 Å². The van der Waals surface area contributed by atoms with E-state index in [2.05, 4.69) is 0 Å². The SMILES string of the molecule is O=[P+](O)O.[K+].[OH-]. The molecule has 0 aromatic rings. The molecule has 0 unspecified atom stereocenters. The Hall–Kier alpha value is 1.62. The van der Waals surface area contributed by atoms with Gasteiger partial charge >= 0.3 is 59.6 Å². The van der Waals surface area contributed by atoms with Gasteiger partial charge in [0.15, 0.2) is 0 Å². The van der Waals surface area contributed by atoms with Crippen molar-refractivity contribution in [3.8, 4) is 0 Å². The quantitative estimate of drug-likeness (QED) is 0.267. The number of rotatable bonds is 0. The summed E-state index contributed by atoms with van der Waals surface area (Å²) >= 11 is 0. The van der Waals surface area contributed by atoms with Crippen LogP contribution in [0.5, 0.6) is 0 Å². The van der Waals surface area contributed by atoms with Crippen LogP contribution in [0.1, 0.15) is 0 Å². The minimum atomic E-state index is -2.87. The van der Waals surface area contributed by atoms with Crippen molar-refractivity contribution in [2.75, 3.05) is 0 Å². The molecule has 0 atom stereocenters. The van der Waals surface area contributed by atoms with E-state index >= 15 is 0 Å². The monoisotopic (exact) mass is 137 g/mol. The second-order valence-corrected chi connectivity index (χ2v) is 0.758. The van der Waals surface area contributed by atoms with Crippen LogP contribution in [0.3, 0.4) is 0 Å². The molecule has 0 heterocycles. The molecule has 6 heteroatoms. The first-order valence-corrected chi connectivity index (χ1v) is 1.75. The maximum Gasteiger partial charge on any atom is 1.00 e. The molecule has 0 aromatic carbocycles. The third-order valence-corrected chi connectivity index (χ3v) is 0. The maximum atomic E-state index is 8.70. The molecule has 0 fully saturated rings. The minimum absolute atomic E-state index is 0. The summed E-state index contributed by atoms with van der Waals surface area (Å²) in [5.74, 6) is 0. The van der Waals surface area contributed by atoms with Gasteiger partial charge < -0.3 is 5.48 Å². The van der Waals surface area contributed by atoms with E-state index in [9.17, 15) is 0 Å². The molecule has 0 aliphatic rings. The number of hydrogen-bond donors (Lipinski definition) is 2. The Balaban J connectivity index is -0.0000000450. The molecule has 0 rings (SSSR count). The fourth-order valence-corrected chi connectivity index (χ4v) is 0. The standard InChI is InChI=1S/K.HO3P.H2O/c;1-4(2)3;/h;(H-,1,2,3);1H2/q+1;;. The van der Waals surface area contributed by atoms with E-state index in [-0.39, 0.29) is 56.9 Å². The van der Waals surface area contributed by atoms with Gasteiger partial charge in [0.1, 0.15) is 0 Å². The summed E-state index contributed by atoms with van der Waals surface area (Å²) in [5, 5.41) is 0. The van der Waals surface area contributed by atoms with Crippen LogP contribution in [0, 0.1) is 0 Å². The van der Waals surface area contributed by atoms with E-state index in [0.717, 1.165) is 0 Å². The van der Waals surface area contributed by atoms with Gasteiger partial charge in [-0.15, -0.1) is 9.79 Å². The summed E-state index contributed by atoms with van der Waals surface area (Å²) in [6.45, 7) is 0. The van der Waals surface area contributed by atoms with Crippen LogP contribution in [0.25, 0.3) is 0 Å². The third kappa shape index (κ3) is 45.8. The van der Waals surface area contributed by atoms with E-state index < -0.39 is 8.25 Å². The molecule has 0 saturated heterocycles. The van der Waals surface area contributed by atoms with Crippen LogP contribution in [0.2, 0.25) is 0 Å².